The molecule has 0 bridgehead atoms. The lowest BCUT2D eigenvalue weighted by atomic mass is 10.3. The molecule has 0 aliphatic rings. The summed E-state index contributed by atoms with van der Waals surface area (Å²) in [5, 5.41) is 21.6. The molecule has 1 heterocycles. The lowest BCUT2D eigenvalue weighted by Crippen LogP contribution is -2.26. The Balaban J connectivity index is 2.69. The minimum atomic E-state index is -0.387. The van der Waals surface area contributed by atoms with Crippen LogP contribution in [0.2, 0.25) is 0 Å². The van der Waals surface area contributed by atoms with Gasteiger partial charge in [0.05, 0.1) is 11.5 Å². The van der Waals surface area contributed by atoms with Crippen molar-refractivity contribution in [1.29, 1.82) is 0 Å². The Hall–Kier alpha value is -1.67. The van der Waals surface area contributed by atoms with Crippen LogP contribution >= 0.6 is 0 Å². The van der Waals surface area contributed by atoms with Crippen molar-refractivity contribution in [3.63, 3.8) is 0 Å². The molecule has 8 nitrogen and oxygen atoms in total. The third-order valence-corrected chi connectivity index (χ3v) is 2.80. The minimum absolute atomic E-state index is 0.0515. The second-order valence-electron chi connectivity index (χ2n) is 4.75. The maximum atomic E-state index is 11.1. The Kier molecular flexibility index (Phi) is 6.40. The van der Waals surface area contributed by atoms with E-state index in [1.807, 2.05) is 13.8 Å². The summed E-state index contributed by atoms with van der Waals surface area (Å²) in [5.41, 5.74) is 0.481. The second-order valence-corrected chi connectivity index (χ2v) is 4.75. The maximum Gasteiger partial charge on any atom is 0.333 e. The standard InChI is InChI=1S/C12H23N5O3/c1-9(2)16-12(11(17(18)19)10(3)15-16)14-6-5-13-7-8-20-4/h9,13-14H,5-8H2,1-4H3. The first-order valence-electron chi connectivity index (χ1n) is 6.66. The summed E-state index contributed by atoms with van der Waals surface area (Å²) in [5.74, 6) is 0.469. The fourth-order valence-electron chi connectivity index (χ4n) is 1.86. The molecule has 0 atom stereocenters. The van der Waals surface area contributed by atoms with E-state index in [2.05, 4.69) is 15.7 Å². The first kappa shape index (κ1) is 16.4. The van der Waals surface area contributed by atoms with Gasteiger partial charge in [0.2, 0.25) is 5.82 Å². The van der Waals surface area contributed by atoms with Crippen molar-refractivity contribution in [3.05, 3.63) is 15.8 Å². The Morgan fingerprint density at radius 3 is 2.65 bits per heavy atom. The summed E-state index contributed by atoms with van der Waals surface area (Å²) in [4.78, 5) is 10.7. The molecule has 0 saturated heterocycles. The van der Waals surface area contributed by atoms with Crippen LogP contribution in [-0.4, -0.2) is 48.1 Å². The highest BCUT2D eigenvalue weighted by Crippen LogP contribution is 2.30. The minimum Gasteiger partial charge on any atom is -0.383 e. The van der Waals surface area contributed by atoms with Crippen molar-refractivity contribution in [2.45, 2.75) is 26.8 Å². The Bertz CT molecular complexity index is 445. The van der Waals surface area contributed by atoms with E-state index in [0.29, 0.717) is 31.2 Å². The zero-order valence-electron chi connectivity index (χ0n) is 12.5. The second kappa shape index (κ2) is 7.81. The van der Waals surface area contributed by atoms with E-state index in [0.717, 1.165) is 6.54 Å². The number of aryl methyl sites for hydroxylation is 1. The van der Waals surface area contributed by atoms with Gasteiger partial charge >= 0.3 is 5.69 Å². The van der Waals surface area contributed by atoms with Gasteiger partial charge in [-0.2, -0.15) is 5.10 Å². The van der Waals surface area contributed by atoms with Gasteiger partial charge in [0, 0.05) is 32.8 Å². The molecule has 1 aromatic rings. The summed E-state index contributed by atoms with van der Waals surface area (Å²) in [7, 11) is 1.65. The van der Waals surface area contributed by atoms with Gasteiger partial charge in [-0.05, 0) is 20.8 Å². The molecule has 0 unspecified atom stereocenters. The SMILES string of the molecule is COCCNCCNc1c([N+](=O)[O-])c(C)nn1C(C)C. The first-order valence-corrected chi connectivity index (χ1v) is 6.66. The van der Waals surface area contributed by atoms with Gasteiger partial charge in [-0.15, -0.1) is 0 Å². The molecule has 0 saturated carbocycles. The van der Waals surface area contributed by atoms with E-state index in [-0.39, 0.29) is 16.7 Å². The lowest BCUT2D eigenvalue weighted by Gasteiger charge is -2.12. The molecule has 8 heteroatoms. The van der Waals surface area contributed by atoms with Crippen LogP contribution in [-0.2, 0) is 4.74 Å². The largest absolute Gasteiger partial charge is 0.383 e. The highest BCUT2D eigenvalue weighted by atomic mass is 16.6. The van der Waals surface area contributed by atoms with Crippen LogP contribution in [0.25, 0.3) is 0 Å². The van der Waals surface area contributed by atoms with E-state index in [9.17, 15) is 10.1 Å². The average molecular weight is 285 g/mol. The smallest absolute Gasteiger partial charge is 0.333 e. The molecule has 2 N–H and O–H groups in total. The molecule has 0 amide bonds. The number of anilines is 1. The fraction of sp³-hybridized carbons (Fsp3) is 0.750. The molecule has 0 aromatic carbocycles. The van der Waals surface area contributed by atoms with Crippen LogP contribution in [0.5, 0.6) is 0 Å². The van der Waals surface area contributed by atoms with E-state index < -0.39 is 0 Å². The van der Waals surface area contributed by atoms with E-state index in [1.54, 1.807) is 18.7 Å². The maximum absolute atomic E-state index is 11.1. The number of hydrogen-bond acceptors (Lipinski definition) is 6. The van der Waals surface area contributed by atoms with E-state index >= 15 is 0 Å². The fourth-order valence-corrected chi connectivity index (χ4v) is 1.86. The van der Waals surface area contributed by atoms with Gasteiger partial charge in [0.1, 0.15) is 5.69 Å². The van der Waals surface area contributed by atoms with Crippen molar-refractivity contribution < 1.29 is 9.66 Å². The first-order chi connectivity index (χ1) is 9.49. The van der Waals surface area contributed by atoms with Crippen molar-refractivity contribution in [2.75, 3.05) is 38.7 Å². The summed E-state index contributed by atoms with van der Waals surface area (Å²) < 4.78 is 6.58. The average Bonchev–Trinajstić information content (AvgIpc) is 2.71. The molecule has 0 fully saturated rings. The summed E-state index contributed by atoms with van der Waals surface area (Å²) >= 11 is 0. The number of nitro groups is 1. The number of aromatic nitrogens is 2. The number of nitrogens with zero attached hydrogens (tertiary/aromatic N) is 3. The molecular formula is C12H23N5O3. The molecule has 20 heavy (non-hydrogen) atoms. The van der Waals surface area contributed by atoms with Crippen molar-refractivity contribution in [3.8, 4) is 0 Å². The Labute approximate surface area is 118 Å². The van der Waals surface area contributed by atoms with Gasteiger partial charge in [-0.3, -0.25) is 10.1 Å². The third-order valence-electron chi connectivity index (χ3n) is 2.80. The van der Waals surface area contributed by atoms with Crippen molar-refractivity contribution >= 4 is 11.5 Å². The van der Waals surface area contributed by atoms with Crippen LogP contribution in [0.3, 0.4) is 0 Å². The van der Waals surface area contributed by atoms with Crippen LogP contribution in [0, 0.1) is 17.0 Å². The third kappa shape index (κ3) is 4.17. The topological polar surface area (TPSA) is 94.2 Å². The summed E-state index contributed by atoms with van der Waals surface area (Å²) in [6.45, 7) is 8.21. The molecule has 1 aromatic heterocycles. The molecule has 1 rings (SSSR count). The van der Waals surface area contributed by atoms with Crippen molar-refractivity contribution in [2.24, 2.45) is 0 Å². The predicted octanol–water partition coefficient (Wildman–Crippen LogP) is 1.33. The van der Waals surface area contributed by atoms with Gasteiger partial charge in [0.25, 0.3) is 0 Å². The highest BCUT2D eigenvalue weighted by molar-refractivity contribution is 5.59. The predicted molar refractivity (Wildman–Crippen MR) is 77.2 cm³/mol. The van der Waals surface area contributed by atoms with Gasteiger partial charge in [-0.1, -0.05) is 0 Å². The molecule has 0 aliphatic carbocycles. The molecular weight excluding hydrogens is 262 g/mol. The number of rotatable bonds is 9. The van der Waals surface area contributed by atoms with Gasteiger partial charge < -0.3 is 15.4 Å². The molecule has 114 valence electrons. The van der Waals surface area contributed by atoms with E-state index in [4.69, 9.17) is 4.74 Å². The zero-order chi connectivity index (χ0) is 15.1. The molecule has 0 spiro atoms. The van der Waals surface area contributed by atoms with E-state index in [1.165, 1.54) is 0 Å². The summed E-state index contributed by atoms with van der Waals surface area (Å²) in [6, 6.07) is 0.0614. The van der Waals surface area contributed by atoms with Crippen molar-refractivity contribution in [1.82, 2.24) is 15.1 Å². The quantitative estimate of drug-likeness (QED) is 0.404. The number of methoxy groups -OCH3 is 1. The number of hydrogen-bond donors (Lipinski definition) is 2. The monoisotopic (exact) mass is 285 g/mol. The number of nitrogens with one attached hydrogen (secondary N) is 2. The number of ether oxygens (including phenoxy) is 1. The summed E-state index contributed by atoms with van der Waals surface area (Å²) in [6.07, 6.45) is 0. The Morgan fingerprint density at radius 2 is 2.10 bits per heavy atom. The molecule has 0 radical (unpaired) electrons. The van der Waals surface area contributed by atoms with Crippen LogP contribution in [0.1, 0.15) is 25.6 Å². The van der Waals surface area contributed by atoms with Gasteiger partial charge in [-0.25, -0.2) is 4.68 Å². The lowest BCUT2D eigenvalue weighted by molar-refractivity contribution is -0.384. The molecule has 0 aliphatic heterocycles. The van der Waals surface area contributed by atoms with Crippen LogP contribution in [0.4, 0.5) is 11.5 Å². The van der Waals surface area contributed by atoms with Crippen LogP contribution < -0.4 is 10.6 Å². The normalized spacial score (nSPS) is 11.1. The van der Waals surface area contributed by atoms with Gasteiger partial charge in [0.15, 0.2) is 0 Å². The Morgan fingerprint density at radius 1 is 1.40 bits per heavy atom. The van der Waals surface area contributed by atoms with Crippen LogP contribution in [0.15, 0.2) is 0 Å². The highest BCUT2D eigenvalue weighted by Gasteiger charge is 2.25. The zero-order valence-corrected chi connectivity index (χ0v) is 12.5.